The highest BCUT2D eigenvalue weighted by Crippen LogP contribution is 2.23. The summed E-state index contributed by atoms with van der Waals surface area (Å²) < 4.78 is 0. The molecular weight excluding hydrogens is 250 g/mol. The van der Waals surface area contributed by atoms with Gasteiger partial charge in [0, 0.05) is 0 Å². The van der Waals surface area contributed by atoms with Crippen molar-refractivity contribution in [1.29, 1.82) is 0 Å². The Morgan fingerprint density at radius 1 is 1.65 bits per heavy atom. The Hall–Kier alpha value is -1.73. The number of carbonyl (C=O) groups is 1. The number of hydroxylamine groups is 2. The minimum atomic E-state index is -0.674. The SMILES string of the molecule is O=C(c1cc(Cl)ncc1[N+](=O)[O-])N1CCCO1. The van der Waals surface area contributed by atoms with Gasteiger partial charge in [-0.05, 0) is 12.5 Å². The zero-order valence-electron chi connectivity index (χ0n) is 8.63. The number of amides is 1. The zero-order chi connectivity index (χ0) is 12.4. The summed E-state index contributed by atoms with van der Waals surface area (Å²) >= 11 is 5.63. The molecule has 1 aromatic rings. The third kappa shape index (κ3) is 2.34. The lowest BCUT2D eigenvalue weighted by molar-refractivity contribution is -0.385. The van der Waals surface area contributed by atoms with E-state index in [1.165, 1.54) is 6.07 Å². The first-order valence-electron chi connectivity index (χ1n) is 4.84. The number of rotatable bonds is 2. The molecule has 7 nitrogen and oxygen atoms in total. The van der Waals surface area contributed by atoms with Crippen molar-refractivity contribution in [2.45, 2.75) is 6.42 Å². The number of carbonyl (C=O) groups excluding carboxylic acids is 1. The summed E-state index contributed by atoms with van der Waals surface area (Å²) in [4.78, 5) is 30.6. The number of aromatic nitrogens is 1. The van der Waals surface area contributed by atoms with Gasteiger partial charge in [-0.1, -0.05) is 11.6 Å². The Morgan fingerprint density at radius 3 is 3.00 bits per heavy atom. The molecule has 0 spiro atoms. The van der Waals surface area contributed by atoms with Crippen LogP contribution in [-0.4, -0.2) is 34.0 Å². The average Bonchev–Trinajstić information content (AvgIpc) is 2.80. The third-order valence-electron chi connectivity index (χ3n) is 2.26. The molecule has 0 atom stereocenters. The molecule has 1 saturated heterocycles. The second-order valence-corrected chi connectivity index (χ2v) is 3.76. The highest BCUT2D eigenvalue weighted by atomic mass is 35.5. The molecule has 90 valence electrons. The van der Waals surface area contributed by atoms with Crippen molar-refractivity contribution in [3.8, 4) is 0 Å². The molecule has 0 saturated carbocycles. The fourth-order valence-corrected chi connectivity index (χ4v) is 1.64. The Kier molecular flexibility index (Phi) is 3.21. The Balaban J connectivity index is 2.38. The van der Waals surface area contributed by atoms with Crippen LogP contribution in [0.4, 0.5) is 5.69 Å². The second-order valence-electron chi connectivity index (χ2n) is 3.38. The summed E-state index contributed by atoms with van der Waals surface area (Å²) in [6.45, 7) is 0.842. The van der Waals surface area contributed by atoms with Crippen LogP contribution < -0.4 is 0 Å². The summed E-state index contributed by atoms with van der Waals surface area (Å²) in [5, 5.41) is 11.9. The standard InChI is InChI=1S/C9H8ClN3O4/c10-8-4-6(7(5-11-8)13(15)16)9(14)12-2-1-3-17-12/h4-5H,1-3H2. The summed E-state index contributed by atoms with van der Waals surface area (Å²) in [6.07, 6.45) is 1.67. The maximum atomic E-state index is 11.9. The highest BCUT2D eigenvalue weighted by Gasteiger charge is 2.28. The number of hydrogen-bond donors (Lipinski definition) is 0. The van der Waals surface area contributed by atoms with E-state index in [-0.39, 0.29) is 16.4 Å². The third-order valence-corrected chi connectivity index (χ3v) is 2.46. The molecule has 1 aliphatic rings. The van der Waals surface area contributed by atoms with Gasteiger partial charge in [-0.15, -0.1) is 0 Å². The predicted octanol–water partition coefficient (Wildman–Crippen LogP) is 1.42. The topological polar surface area (TPSA) is 85.6 Å². The van der Waals surface area contributed by atoms with Crippen molar-refractivity contribution in [2.75, 3.05) is 13.2 Å². The van der Waals surface area contributed by atoms with Crippen LogP contribution in [0.3, 0.4) is 0 Å². The Bertz CT molecular complexity index is 473. The molecule has 1 aliphatic heterocycles. The highest BCUT2D eigenvalue weighted by molar-refractivity contribution is 6.29. The molecule has 2 heterocycles. The first-order valence-corrected chi connectivity index (χ1v) is 5.22. The summed E-state index contributed by atoms with van der Waals surface area (Å²) in [6, 6.07) is 1.17. The number of nitro groups is 1. The van der Waals surface area contributed by atoms with Crippen molar-refractivity contribution < 1.29 is 14.6 Å². The van der Waals surface area contributed by atoms with E-state index >= 15 is 0 Å². The van der Waals surface area contributed by atoms with Crippen molar-refractivity contribution in [2.24, 2.45) is 0 Å². The van der Waals surface area contributed by atoms with Crippen LogP contribution >= 0.6 is 11.6 Å². The number of nitrogens with zero attached hydrogens (tertiary/aromatic N) is 3. The number of hydrogen-bond acceptors (Lipinski definition) is 5. The van der Waals surface area contributed by atoms with E-state index in [0.29, 0.717) is 19.6 Å². The maximum absolute atomic E-state index is 11.9. The van der Waals surface area contributed by atoms with Crippen molar-refractivity contribution >= 4 is 23.2 Å². The second kappa shape index (κ2) is 4.64. The van der Waals surface area contributed by atoms with Gasteiger partial charge in [-0.25, -0.2) is 10.0 Å². The molecule has 0 bridgehead atoms. The maximum Gasteiger partial charge on any atom is 0.300 e. The average molecular weight is 258 g/mol. The van der Waals surface area contributed by atoms with E-state index in [1.54, 1.807) is 0 Å². The summed E-state index contributed by atoms with van der Waals surface area (Å²) in [7, 11) is 0. The number of halogens is 1. The lowest BCUT2D eigenvalue weighted by atomic mass is 10.2. The predicted molar refractivity (Wildman–Crippen MR) is 57.5 cm³/mol. The number of pyridine rings is 1. The molecule has 1 amide bonds. The van der Waals surface area contributed by atoms with E-state index in [2.05, 4.69) is 4.98 Å². The first-order chi connectivity index (χ1) is 8.09. The van der Waals surface area contributed by atoms with Crippen molar-refractivity contribution in [1.82, 2.24) is 10.0 Å². The van der Waals surface area contributed by atoms with Gasteiger partial charge in [-0.3, -0.25) is 19.7 Å². The molecule has 0 aromatic carbocycles. The van der Waals surface area contributed by atoms with E-state index in [9.17, 15) is 14.9 Å². The van der Waals surface area contributed by atoms with Gasteiger partial charge in [0.25, 0.3) is 11.6 Å². The fourth-order valence-electron chi connectivity index (χ4n) is 1.48. The molecule has 0 N–H and O–H groups in total. The molecule has 0 aliphatic carbocycles. The van der Waals surface area contributed by atoms with Gasteiger partial charge in [0.2, 0.25) is 0 Å². The largest absolute Gasteiger partial charge is 0.300 e. The molecule has 1 fully saturated rings. The monoisotopic (exact) mass is 257 g/mol. The van der Waals surface area contributed by atoms with Gasteiger partial charge in [0.05, 0.1) is 18.1 Å². The lowest BCUT2D eigenvalue weighted by Gasteiger charge is -2.13. The Morgan fingerprint density at radius 2 is 2.41 bits per heavy atom. The fraction of sp³-hybridized carbons (Fsp3) is 0.333. The van der Waals surface area contributed by atoms with Crippen molar-refractivity contribution in [3.05, 3.63) is 33.1 Å². The minimum absolute atomic E-state index is 0.0261. The first kappa shape index (κ1) is 11.7. The van der Waals surface area contributed by atoms with Gasteiger partial charge in [0.15, 0.2) is 0 Å². The Labute approximate surface area is 101 Å². The van der Waals surface area contributed by atoms with Gasteiger partial charge in [0.1, 0.15) is 16.9 Å². The molecule has 0 radical (unpaired) electrons. The molecule has 8 heteroatoms. The molecular formula is C9H8ClN3O4. The van der Waals surface area contributed by atoms with E-state index in [1.807, 2.05) is 0 Å². The van der Waals surface area contributed by atoms with Crippen LogP contribution in [0.2, 0.25) is 5.15 Å². The zero-order valence-corrected chi connectivity index (χ0v) is 9.38. The normalized spacial score (nSPS) is 15.0. The van der Waals surface area contributed by atoms with Gasteiger partial charge in [-0.2, -0.15) is 0 Å². The van der Waals surface area contributed by atoms with Crippen LogP contribution in [0.25, 0.3) is 0 Å². The molecule has 1 aromatic heterocycles. The van der Waals surface area contributed by atoms with E-state index < -0.39 is 10.8 Å². The molecule has 0 unspecified atom stereocenters. The van der Waals surface area contributed by atoms with Crippen LogP contribution in [0.5, 0.6) is 0 Å². The van der Waals surface area contributed by atoms with Gasteiger partial charge < -0.3 is 0 Å². The quantitative estimate of drug-likeness (QED) is 0.454. The smallest absolute Gasteiger partial charge is 0.271 e. The van der Waals surface area contributed by atoms with E-state index in [0.717, 1.165) is 11.3 Å². The summed E-state index contributed by atoms with van der Waals surface area (Å²) in [5.41, 5.74) is -0.494. The van der Waals surface area contributed by atoms with Crippen LogP contribution in [0, 0.1) is 10.1 Å². The van der Waals surface area contributed by atoms with Crippen LogP contribution in [0.1, 0.15) is 16.8 Å². The lowest BCUT2D eigenvalue weighted by Crippen LogP contribution is -2.27. The van der Waals surface area contributed by atoms with Gasteiger partial charge >= 0.3 is 0 Å². The van der Waals surface area contributed by atoms with Crippen LogP contribution in [0.15, 0.2) is 12.3 Å². The summed E-state index contributed by atoms with van der Waals surface area (Å²) in [5.74, 6) is -0.571. The molecule has 17 heavy (non-hydrogen) atoms. The van der Waals surface area contributed by atoms with E-state index in [4.69, 9.17) is 16.4 Å². The van der Waals surface area contributed by atoms with Crippen LogP contribution in [-0.2, 0) is 4.84 Å². The minimum Gasteiger partial charge on any atom is -0.271 e. The van der Waals surface area contributed by atoms with Crippen molar-refractivity contribution in [3.63, 3.8) is 0 Å². The molecule has 2 rings (SSSR count).